The van der Waals surface area contributed by atoms with Crippen LogP contribution in [0, 0.1) is 0 Å². The maximum Gasteiger partial charge on any atom is 0.127 e. The Morgan fingerprint density at radius 2 is 2.23 bits per heavy atom. The molecular weight excluding hydrogens is 168 g/mol. The summed E-state index contributed by atoms with van der Waals surface area (Å²) in [5.74, 6) is 0.266. The molecule has 1 aromatic heterocycles. The maximum atomic E-state index is 9.58. The highest BCUT2D eigenvalue weighted by Crippen LogP contribution is 2.19. The molecule has 1 N–H and O–H groups in total. The van der Waals surface area contributed by atoms with Gasteiger partial charge in [0.15, 0.2) is 0 Å². The summed E-state index contributed by atoms with van der Waals surface area (Å²) in [6.45, 7) is 3.24. The average molecular weight is 178 g/mol. The van der Waals surface area contributed by atoms with Gasteiger partial charge in [0.2, 0.25) is 0 Å². The Morgan fingerprint density at radius 3 is 2.77 bits per heavy atom. The first-order valence-corrected chi connectivity index (χ1v) is 3.79. The molecule has 1 heterocycles. The Bertz CT molecular complexity index is 349. The van der Waals surface area contributed by atoms with E-state index in [4.69, 9.17) is 5.53 Å². The van der Waals surface area contributed by atoms with Crippen molar-refractivity contribution in [3.63, 3.8) is 0 Å². The van der Waals surface area contributed by atoms with Crippen molar-refractivity contribution in [1.29, 1.82) is 0 Å². The molecule has 0 saturated heterocycles. The van der Waals surface area contributed by atoms with E-state index in [2.05, 4.69) is 15.0 Å². The molecule has 0 fully saturated rings. The van der Waals surface area contributed by atoms with Gasteiger partial charge in [0, 0.05) is 4.91 Å². The van der Waals surface area contributed by atoms with Crippen LogP contribution in [0.5, 0.6) is 0 Å². The van der Waals surface area contributed by atoms with E-state index in [0.717, 1.165) is 0 Å². The molecule has 0 aliphatic carbocycles. The molecule has 5 nitrogen and oxygen atoms in total. The summed E-state index contributed by atoms with van der Waals surface area (Å²) in [6.07, 6.45) is 0. The van der Waals surface area contributed by atoms with Crippen molar-refractivity contribution >= 4 is 5.82 Å². The van der Waals surface area contributed by atoms with Gasteiger partial charge in [-0.3, -0.25) is 0 Å². The topological polar surface area (TPSA) is 81.9 Å². The van der Waals surface area contributed by atoms with Gasteiger partial charge in [0.25, 0.3) is 0 Å². The third-order valence-corrected chi connectivity index (χ3v) is 1.51. The highest BCUT2D eigenvalue weighted by molar-refractivity contribution is 5.29. The van der Waals surface area contributed by atoms with Crippen molar-refractivity contribution in [2.75, 3.05) is 0 Å². The zero-order chi connectivity index (χ0) is 9.90. The second-order valence-electron chi connectivity index (χ2n) is 3.13. The van der Waals surface area contributed by atoms with Crippen LogP contribution in [-0.4, -0.2) is 10.1 Å². The molecule has 0 saturated carbocycles. The summed E-state index contributed by atoms with van der Waals surface area (Å²) in [4.78, 5) is 6.57. The third-order valence-electron chi connectivity index (χ3n) is 1.51. The lowest BCUT2D eigenvalue weighted by Gasteiger charge is -2.16. The number of nitrogens with zero attached hydrogens (tertiary/aromatic N) is 4. The van der Waals surface area contributed by atoms with Gasteiger partial charge in [-0.1, -0.05) is 6.07 Å². The first-order valence-electron chi connectivity index (χ1n) is 3.79. The lowest BCUT2D eigenvalue weighted by atomic mass is 10.1. The molecule has 13 heavy (non-hydrogen) atoms. The fourth-order valence-corrected chi connectivity index (χ4v) is 0.866. The summed E-state index contributed by atoms with van der Waals surface area (Å²) in [7, 11) is 0. The highest BCUT2D eigenvalue weighted by atomic mass is 16.3. The Morgan fingerprint density at radius 1 is 1.54 bits per heavy atom. The predicted octanol–water partition coefficient (Wildman–Crippen LogP) is 2.25. The largest absolute Gasteiger partial charge is 0.384 e. The summed E-state index contributed by atoms with van der Waals surface area (Å²) < 4.78 is 0. The Hall–Kier alpha value is -1.58. The smallest absolute Gasteiger partial charge is 0.127 e. The standard InChI is InChI=1S/C8H10N4O/c1-8(2,13)6-4-3-5-7(10-6)11-12-9/h3-5,13H,1-2H3. The minimum atomic E-state index is -1.01. The number of aliphatic hydroxyl groups is 1. The number of azide groups is 1. The summed E-state index contributed by atoms with van der Waals surface area (Å²) in [5.41, 5.74) is 7.64. The molecule has 0 unspecified atom stereocenters. The van der Waals surface area contributed by atoms with Gasteiger partial charge >= 0.3 is 0 Å². The molecule has 5 heteroatoms. The van der Waals surface area contributed by atoms with E-state index in [1.807, 2.05) is 0 Å². The Kier molecular flexibility index (Phi) is 2.51. The fourth-order valence-electron chi connectivity index (χ4n) is 0.866. The first kappa shape index (κ1) is 9.51. The van der Waals surface area contributed by atoms with Crippen LogP contribution in [0.2, 0.25) is 0 Å². The molecule has 1 aromatic rings. The predicted molar refractivity (Wildman–Crippen MR) is 48.3 cm³/mol. The lowest BCUT2D eigenvalue weighted by Crippen LogP contribution is -2.16. The fraction of sp³-hybridized carbons (Fsp3) is 0.375. The lowest BCUT2D eigenvalue weighted by molar-refractivity contribution is 0.0740. The Balaban J connectivity index is 3.12. The van der Waals surface area contributed by atoms with E-state index in [9.17, 15) is 5.11 Å². The molecule has 0 aromatic carbocycles. The van der Waals surface area contributed by atoms with Gasteiger partial charge in [-0.25, -0.2) is 4.98 Å². The number of aromatic nitrogens is 1. The Labute approximate surface area is 75.7 Å². The number of rotatable bonds is 2. The van der Waals surface area contributed by atoms with E-state index in [1.165, 1.54) is 0 Å². The summed E-state index contributed by atoms with van der Waals surface area (Å²) in [5, 5.41) is 12.9. The minimum Gasteiger partial charge on any atom is -0.384 e. The van der Waals surface area contributed by atoms with Crippen LogP contribution >= 0.6 is 0 Å². The van der Waals surface area contributed by atoms with E-state index < -0.39 is 5.60 Å². The number of hydrogen-bond donors (Lipinski definition) is 1. The molecule has 0 radical (unpaired) electrons. The van der Waals surface area contributed by atoms with Crippen LogP contribution in [0.1, 0.15) is 19.5 Å². The van der Waals surface area contributed by atoms with Crippen LogP contribution in [0.4, 0.5) is 5.82 Å². The zero-order valence-corrected chi connectivity index (χ0v) is 7.47. The van der Waals surface area contributed by atoms with Gasteiger partial charge in [-0.05, 0) is 36.6 Å². The van der Waals surface area contributed by atoms with Gasteiger partial charge in [-0.15, -0.1) is 0 Å². The highest BCUT2D eigenvalue weighted by Gasteiger charge is 2.17. The molecule has 1 rings (SSSR count). The van der Waals surface area contributed by atoms with Gasteiger partial charge < -0.3 is 5.11 Å². The van der Waals surface area contributed by atoms with Crippen LogP contribution in [-0.2, 0) is 5.60 Å². The molecule has 0 atom stereocenters. The van der Waals surface area contributed by atoms with E-state index in [1.54, 1.807) is 32.0 Å². The summed E-state index contributed by atoms with van der Waals surface area (Å²) >= 11 is 0. The first-order chi connectivity index (χ1) is 6.04. The second kappa shape index (κ2) is 3.43. The molecule has 0 aliphatic rings. The average Bonchev–Trinajstić information content (AvgIpc) is 2.04. The summed E-state index contributed by atoms with van der Waals surface area (Å²) in [6, 6.07) is 4.94. The van der Waals surface area contributed by atoms with Gasteiger partial charge in [0.05, 0.1) is 5.69 Å². The van der Waals surface area contributed by atoms with Crippen molar-refractivity contribution in [2.24, 2.45) is 5.11 Å². The molecule has 0 spiro atoms. The van der Waals surface area contributed by atoms with Crippen molar-refractivity contribution < 1.29 is 5.11 Å². The van der Waals surface area contributed by atoms with Crippen molar-refractivity contribution in [1.82, 2.24) is 4.98 Å². The van der Waals surface area contributed by atoms with Crippen LogP contribution in [0.25, 0.3) is 10.4 Å². The van der Waals surface area contributed by atoms with E-state index in [-0.39, 0.29) is 5.82 Å². The van der Waals surface area contributed by atoms with Crippen LogP contribution in [0.3, 0.4) is 0 Å². The molecule has 68 valence electrons. The molecule has 0 aliphatic heterocycles. The van der Waals surface area contributed by atoms with Gasteiger partial charge in [0.1, 0.15) is 11.4 Å². The van der Waals surface area contributed by atoms with Crippen molar-refractivity contribution in [3.05, 3.63) is 34.3 Å². The number of pyridine rings is 1. The van der Waals surface area contributed by atoms with Crippen LogP contribution < -0.4 is 0 Å². The zero-order valence-electron chi connectivity index (χ0n) is 7.47. The second-order valence-corrected chi connectivity index (χ2v) is 3.13. The monoisotopic (exact) mass is 178 g/mol. The SMILES string of the molecule is CC(C)(O)c1cccc(N=[N+]=[N-])n1. The van der Waals surface area contributed by atoms with Crippen molar-refractivity contribution in [2.45, 2.75) is 19.4 Å². The molecule has 0 amide bonds. The quantitative estimate of drug-likeness (QED) is 0.428. The van der Waals surface area contributed by atoms with Crippen LogP contribution in [0.15, 0.2) is 23.3 Å². The van der Waals surface area contributed by atoms with Crippen molar-refractivity contribution in [3.8, 4) is 0 Å². The molecular formula is C8H10N4O. The third kappa shape index (κ3) is 2.43. The van der Waals surface area contributed by atoms with E-state index >= 15 is 0 Å². The number of hydrogen-bond acceptors (Lipinski definition) is 3. The normalized spacial score (nSPS) is 10.7. The minimum absolute atomic E-state index is 0.266. The molecule has 0 bridgehead atoms. The van der Waals surface area contributed by atoms with Gasteiger partial charge in [-0.2, -0.15) is 0 Å². The van der Waals surface area contributed by atoms with E-state index in [0.29, 0.717) is 5.69 Å². The maximum absolute atomic E-state index is 9.58.